The Kier molecular flexibility index (Phi) is 4.92. The molecule has 5 heteroatoms. The molecule has 0 aromatic carbocycles. The summed E-state index contributed by atoms with van der Waals surface area (Å²) in [5, 5.41) is 3.21. The van der Waals surface area contributed by atoms with Gasteiger partial charge < -0.3 is 14.8 Å². The molecule has 1 saturated heterocycles. The lowest BCUT2D eigenvalue weighted by atomic mass is 10.1. The number of rotatable bonds is 5. The number of methoxy groups -OCH3 is 1. The average Bonchev–Trinajstić information content (AvgIpc) is 2.42. The zero-order valence-corrected chi connectivity index (χ0v) is 11.1. The number of pyridine rings is 1. The summed E-state index contributed by atoms with van der Waals surface area (Å²) in [5.41, 5.74) is 1.13. The van der Waals surface area contributed by atoms with E-state index in [9.17, 15) is 0 Å². The van der Waals surface area contributed by atoms with E-state index in [0.29, 0.717) is 11.9 Å². The number of hydrogen-bond donors (Lipinski definition) is 1. The fraction of sp³-hybridized carbons (Fsp3) is 0.615. The number of ether oxygens (including phenoxy) is 2. The fourth-order valence-electron chi connectivity index (χ4n) is 2.27. The van der Waals surface area contributed by atoms with Gasteiger partial charge in [-0.05, 0) is 13.1 Å². The van der Waals surface area contributed by atoms with E-state index in [0.717, 1.165) is 38.4 Å². The summed E-state index contributed by atoms with van der Waals surface area (Å²) in [5.74, 6) is 0.715. The minimum Gasteiger partial charge on any atom is -0.481 e. The summed E-state index contributed by atoms with van der Waals surface area (Å²) in [7, 11) is 3.63. The number of nitrogens with one attached hydrogen (secondary N) is 1. The van der Waals surface area contributed by atoms with Crippen LogP contribution in [0.2, 0.25) is 0 Å². The molecule has 1 atom stereocenters. The quantitative estimate of drug-likeness (QED) is 0.826. The van der Waals surface area contributed by atoms with Gasteiger partial charge in [-0.1, -0.05) is 6.07 Å². The van der Waals surface area contributed by atoms with Crippen LogP contribution < -0.4 is 10.1 Å². The molecule has 0 spiro atoms. The zero-order valence-electron chi connectivity index (χ0n) is 11.1. The maximum absolute atomic E-state index is 5.53. The third-order valence-electron chi connectivity index (χ3n) is 3.21. The van der Waals surface area contributed by atoms with E-state index in [1.807, 2.05) is 13.1 Å². The molecule has 2 rings (SSSR count). The first kappa shape index (κ1) is 13.3. The van der Waals surface area contributed by atoms with Crippen LogP contribution in [0.1, 0.15) is 5.56 Å². The van der Waals surface area contributed by atoms with Crippen LogP contribution in [0, 0.1) is 0 Å². The van der Waals surface area contributed by atoms with E-state index in [1.54, 1.807) is 13.3 Å². The van der Waals surface area contributed by atoms with Crippen molar-refractivity contribution in [1.29, 1.82) is 0 Å². The lowest BCUT2D eigenvalue weighted by Gasteiger charge is -2.35. The highest BCUT2D eigenvalue weighted by Gasteiger charge is 2.23. The molecule has 18 heavy (non-hydrogen) atoms. The predicted octanol–water partition coefficient (Wildman–Crippen LogP) is 0.510. The number of hydrogen-bond acceptors (Lipinski definition) is 5. The summed E-state index contributed by atoms with van der Waals surface area (Å²) >= 11 is 0. The van der Waals surface area contributed by atoms with E-state index in [4.69, 9.17) is 9.47 Å². The Balaban J connectivity index is 2.05. The maximum Gasteiger partial charge on any atom is 0.217 e. The van der Waals surface area contributed by atoms with Crippen molar-refractivity contribution < 1.29 is 9.47 Å². The minimum absolute atomic E-state index is 0.411. The molecule has 1 aliphatic rings. The van der Waals surface area contributed by atoms with E-state index in [2.05, 4.69) is 21.3 Å². The van der Waals surface area contributed by atoms with Crippen LogP contribution in [0.4, 0.5) is 0 Å². The van der Waals surface area contributed by atoms with Gasteiger partial charge in [-0.25, -0.2) is 4.98 Å². The Morgan fingerprint density at radius 3 is 3.28 bits per heavy atom. The molecule has 1 unspecified atom stereocenters. The van der Waals surface area contributed by atoms with Crippen LogP contribution in [-0.4, -0.2) is 56.4 Å². The first-order valence-corrected chi connectivity index (χ1v) is 6.29. The van der Waals surface area contributed by atoms with Gasteiger partial charge in [0.25, 0.3) is 0 Å². The van der Waals surface area contributed by atoms with E-state index < -0.39 is 0 Å². The molecule has 1 aromatic rings. The van der Waals surface area contributed by atoms with Crippen LogP contribution >= 0.6 is 0 Å². The van der Waals surface area contributed by atoms with Gasteiger partial charge in [0.2, 0.25) is 5.88 Å². The molecule has 0 amide bonds. The molecule has 1 fully saturated rings. The Bertz CT molecular complexity index is 371. The van der Waals surface area contributed by atoms with Crippen molar-refractivity contribution in [3.63, 3.8) is 0 Å². The maximum atomic E-state index is 5.53. The number of morpholine rings is 1. The van der Waals surface area contributed by atoms with E-state index in [-0.39, 0.29) is 0 Å². The van der Waals surface area contributed by atoms with E-state index >= 15 is 0 Å². The van der Waals surface area contributed by atoms with Gasteiger partial charge >= 0.3 is 0 Å². The Morgan fingerprint density at radius 1 is 1.61 bits per heavy atom. The van der Waals surface area contributed by atoms with Gasteiger partial charge in [0.1, 0.15) is 0 Å². The third kappa shape index (κ3) is 3.19. The zero-order chi connectivity index (χ0) is 12.8. The third-order valence-corrected chi connectivity index (χ3v) is 3.21. The molecule has 100 valence electrons. The first-order chi connectivity index (χ1) is 8.85. The summed E-state index contributed by atoms with van der Waals surface area (Å²) in [6.45, 7) is 4.31. The monoisotopic (exact) mass is 251 g/mol. The van der Waals surface area contributed by atoms with Crippen LogP contribution in [0.25, 0.3) is 0 Å². The van der Waals surface area contributed by atoms with Gasteiger partial charge in [0.05, 0.1) is 20.3 Å². The summed E-state index contributed by atoms with van der Waals surface area (Å²) in [6.07, 6.45) is 1.76. The highest BCUT2D eigenvalue weighted by molar-refractivity contribution is 5.25. The second-order valence-electron chi connectivity index (χ2n) is 4.43. The molecule has 2 heterocycles. The number of likely N-dealkylation sites (N-methyl/N-ethyl adjacent to an activating group) is 1. The summed E-state index contributed by atoms with van der Waals surface area (Å²) in [6, 6.07) is 4.43. The molecule has 0 aliphatic carbocycles. The average molecular weight is 251 g/mol. The van der Waals surface area contributed by atoms with Gasteiger partial charge in [-0.15, -0.1) is 0 Å². The topological polar surface area (TPSA) is 46.6 Å². The molecule has 1 aromatic heterocycles. The standard InChI is InChI=1S/C13H21N3O2/c1-14-8-12-10-18-7-6-16(12)9-11-4-3-5-15-13(11)17-2/h3-5,12,14H,6-10H2,1-2H3. The Hall–Kier alpha value is -1.17. The highest BCUT2D eigenvalue weighted by Crippen LogP contribution is 2.18. The molecule has 0 saturated carbocycles. The number of aromatic nitrogens is 1. The fourth-order valence-corrected chi connectivity index (χ4v) is 2.27. The molecule has 1 aliphatic heterocycles. The lowest BCUT2D eigenvalue weighted by molar-refractivity contribution is -0.0106. The summed E-state index contributed by atoms with van der Waals surface area (Å²) < 4.78 is 10.8. The minimum atomic E-state index is 0.411. The van der Waals surface area contributed by atoms with Crippen molar-refractivity contribution in [3.05, 3.63) is 23.9 Å². The van der Waals surface area contributed by atoms with Crippen LogP contribution in [0.3, 0.4) is 0 Å². The van der Waals surface area contributed by atoms with Crippen molar-refractivity contribution in [2.75, 3.05) is 40.5 Å². The SMILES string of the molecule is CNCC1COCCN1Cc1cccnc1OC. The Morgan fingerprint density at radius 2 is 2.50 bits per heavy atom. The molecule has 0 radical (unpaired) electrons. The van der Waals surface area contributed by atoms with Crippen molar-refractivity contribution in [3.8, 4) is 5.88 Å². The van der Waals surface area contributed by atoms with Crippen molar-refractivity contribution >= 4 is 0 Å². The molecule has 1 N–H and O–H groups in total. The van der Waals surface area contributed by atoms with Gasteiger partial charge in [0, 0.05) is 37.4 Å². The molecule has 0 bridgehead atoms. The van der Waals surface area contributed by atoms with Crippen molar-refractivity contribution in [1.82, 2.24) is 15.2 Å². The van der Waals surface area contributed by atoms with E-state index in [1.165, 1.54) is 0 Å². The Labute approximate surface area is 108 Å². The van der Waals surface area contributed by atoms with Crippen molar-refractivity contribution in [2.45, 2.75) is 12.6 Å². The van der Waals surface area contributed by atoms with Gasteiger partial charge in [-0.3, -0.25) is 4.90 Å². The van der Waals surface area contributed by atoms with Crippen molar-refractivity contribution in [2.24, 2.45) is 0 Å². The second-order valence-corrected chi connectivity index (χ2v) is 4.43. The smallest absolute Gasteiger partial charge is 0.217 e. The van der Waals surface area contributed by atoms with Crippen LogP contribution in [0.15, 0.2) is 18.3 Å². The first-order valence-electron chi connectivity index (χ1n) is 6.29. The largest absolute Gasteiger partial charge is 0.481 e. The highest BCUT2D eigenvalue weighted by atomic mass is 16.5. The number of nitrogens with zero attached hydrogens (tertiary/aromatic N) is 2. The molecular weight excluding hydrogens is 230 g/mol. The van der Waals surface area contributed by atoms with Crippen LogP contribution in [0.5, 0.6) is 5.88 Å². The second kappa shape index (κ2) is 6.68. The van der Waals surface area contributed by atoms with Gasteiger partial charge in [0.15, 0.2) is 0 Å². The molecular formula is C13H21N3O2. The normalized spacial score (nSPS) is 20.9. The van der Waals surface area contributed by atoms with Crippen LogP contribution in [-0.2, 0) is 11.3 Å². The summed E-state index contributed by atoms with van der Waals surface area (Å²) in [4.78, 5) is 6.65. The molecule has 5 nitrogen and oxygen atoms in total. The predicted molar refractivity (Wildman–Crippen MR) is 69.7 cm³/mol. The lowest BCUT2D eigenvalue weighted by Crippen LogP contribution is -2.49. The van der Waals surface area contributed by atoms with Gasteiger partial charge in [-0.2, -0.15) is 0 Å².